The van der Waals surface area contributed by atoms with Gasteiger partial charge in [-0.2, -0.15) is 18.2 Å². The Morgan fingerprint density at radius 2 is 1.50 bits per heavy atom. The van der Waals surface area contributed by atoms with Gasteiger partial charge in [0.15, 0.2) is 0 Å². The molecule has 0 saturated carbocycles. The van der Waals surface area contributed by atoms with E-state index in [0.717, 1.165) is 0 Å². The van der Waals surface area contributed by atoms with Gasteiger partial charge in [-0.15, -0.1) is 0 Å². The van der Waals surface area contributed by atoms with Crippen LogP contribution in [0.4, 0.5) is 0 Å². The van der Waals surface area contributed by atoms with E-state index in [0.29, 0.717) is 0 Å². The van der Waals surface area contributed by atoms with E-state index in [2.05, 4.69) is 6.65 Å². The van der Waals surface area contributed by atoms with Crippen molar-refractivity contribution >= 4 is 0 Å². The standard InChI is InChI=1S/C5H5.CO.Re/c1-2-4-5-3-1;1-2;/h1-5H;;/q-1;;. The second-order valence-corrected chi connectivity index (χ2v) is 0.962. The average molecular weight is 279 g/mol. The van der Waals surface area contributed by atoms with E-state index in [-0.39, 0.29) is 20.4 Å². The predicted octanol–water partition coefficient (Wildman–Crippen LogP) is 1.37. The zero-order valence-electron chi connectivity index (χ0n) is 4.17. The smallest absolute Gasteiger partial charge is 0 e. The molecule has 0 spiro atoms. The largest absolute Gasteiger partial charge is 0.214 e. The predicted molar refractivity (Wildman–Crippen MR) is 26.0 cm³/mol. The maximum atomic E-state index is 7.50. The number of hydrogen-bond donors (Lipinski definition) is 0. The minimum absolute atomic E-state index is 0. The van der Waals surface area contributed by atoms with Crippen LogP contribution >= 0.6 is 0 Å². The molecule has 0 bridgehead atoms. The van der Waals surface area contributed by atoms with Crippen LogP contribution < -0.4 is 0 Å². The van der Waals surface area contributed by atoms with E-state index < -0.39 is 0 Å². The first-order chi connectivity index (χ1) is 3.50. The molecule has 1 aromatic rings. The van der Waals surface area contributed by atoms with E-state index in [1.165, 1.54) is 0 Å². The first-order valence-corrected chi connectivity index (χ1v) is 1.87. The maximum Gasteiger partial charge on any atom is 0 e. The Morgan fingerprint density at radius 1 is 1.12 bits per heavy atom. The Hall–Kier alpha value is -0.248. The van der Waals surface area contributed by atoms with Gasteiger partial charge in [-0.05, 0) is 0 Å². The van der Waals surface area contributed by atoms with Crippen molar-refractivity contribution in [1.29, 1.82) is 0 Å². The molecule has 0 unspecified atom stereocenters. The van der Waals surface area contributed by atoms with Crippen molar-refractivity contribution in [2.24, 2.45) is 0 Å². The van der Waals surface area contributed by atoms with Crippen molar-refractivity contribution < 1.29 is 25.1 Å². The topological polar surface area (TPSA) is 19.9 Å². The third-order valence-corrected chi connectivity index (χ3v) is 0.556. The molecule has 0 fully saturated rings. The van der Waals surface area contributed by atoms with Crippen LogP contribution in [0.25, 0.3) is 0 Å². The SMILES string of the molecule is [C-]#[O+].[Re].c1cc[cH-]c1. The molecule has 1 nitrogen and oxygen atoms in total. The van der Waals surface area contributed by atoms with Gasteiger partial charge in [0.2, 0.25) is 0 Å². The Labute approximate surface area is 62.5 Å². The molecule has 1 aromatic carbocycles. The quantitative estimate of drug-likeness (QED) is 0.505. The van der Waals surface area contributed by atoms with Crippen LogP contribution in [-0.4, -0.2) is 0 Å². The second kappa shape index (κ2) is 9.89. The molecule has 8 heavy (non-hydrogen) atoms. The molecule has 2 heteroatoms. The fourth-order valence-corrected chi connectivity index (χ4v) is 0.321. The van der Waals surface area contributed by atoms with Gasteiger partial charge in [0.1, 0.15) is 0 Å². The van der Waals surface area contributed by atoms with Crippen molar-refractivity contribution in [1.82, 2.24) is 0 Å². The Kier molecular flexibility index (Phi) is 13.2. The molecule has 43 valence electrons. The molecule has 1 radical (unpaired) electrons. The molecule has 0 saturated heterocycles. The Balaban J connectivity index is 0. The molecule has 0 N–H and O–H groups in total. The summed E-state index contributed by atoms with van der Waals surface area (Å²) < 4.78 is 7.50. The van der Waals surface area contributed by atoms with Crippen LogP contribution in [-0.2, 0) is 25.1 Å². The Morgan fingerprint density at radius 3 is 1.62 bits per heavy atom. The van der Waals surface area contributed by atoms with Crippen molar-refractivity contribution in [3.8, 4) is 0 Å². The third-order valence-electron chi connectivity index (χ3n) is 0.556. The summed E-state index contributed by atoms with van der Waals surface area (Å²) in [7, 11) is 0. The van der Waals surface area contributed by atoms with Gasteiger partial charge in [0.25, 0.3) is 0 Å². The summed E-state index contributed by atoms with van der Waals surface area (Å²) in [4.78, 5) is 0. The molecule has 0 aromatic heterocycles. The van der Waals surface area contributed by atoms with Gasteiger partial charge in [-0.3, -0.25) is 0 Å². The van der Waals surface area contributed by atoms with Crippen LogP contribution in [0.5, 0.6) is 0 Å². The minimum Gasteiger partial charge on any atom is -0.214 e. The molecule has 0 amide bonds. The molecule has 0 aliphatic carbocycles. The monoisotopic (exact) mass is 280 g/mol. The average Bonchev–Trinajstić information content (AvgIpc) is 2.23. The molecule has 0 aliphatic heterocycles. The first kappa shape index (κ1) is 10.7. The summed E-state index contributed by atoms with van der Waals surface area (Å²) in [5, 5.41) is 0. The number of rotatable bonds is 0. The van der Waals surface area contributed by atoms with Crippen LogP contribution in [0.2, 0.25) is 0 Å². The fraction of sp³-hybridized carbons (Fsp3) is 0. The van der Waals surface area contributed by atoms with E-state index in [9.17, 15) is 0 Å². The summed E-state index contributed by atoms with van der Waals surface area (Å²) >= 11 is 0. The van der Waals surface area contributed by atoms with Crippen LogP contribution in [0.3, 0.4) is 0 Å². The van der Waals surface area contributed by atoms with Crippen LogP contribution in [0.1, 0.15) is 0 Å². The molecule has 0 atom stereocenters. The second-order valence-electron chi connectivity index (χ2n) is 0.962. The van der Waals surface area contributed by atoms with Crippen molar-refractivity contribution in [3.05, 3.63) is 37.0 Å². The summed E-state index contributed by atoms with van der Waals surface area (Å²) in [5.41, 5.74) is 0. The molecular formula is C6H5ORe-. The van der Waals surface area contributed by atoms with E-state index in [1.807, 2.05) is 30.3 Å². The molecule has 1 rings (SSSR count). The van der Waals surface area contributed by atoms with Crippen molar-refractivity contribution in [2.75, 3.05) is 0 Å². The van der Waals surface area contributed by atoms with E-state index in [1.54, 1.807) is 0 Å². The van der Waals surface area contributed by atoms with E-state index in [4.69, 9.17) is 4.65 Å². The third kappa shape index (κ3) is 5.75. The van der Waals surface area contributed by atoms with Crippen molar-refractivity contribution in [2.45, 2.75) is 0 Å². The molecule has 0 heterocycles. The Bertz CT molecular complexity index is 92.1. The van der Waals surface area contributed by atoms with Crippen LogP contribution in [0.15, 0.2) is 30.3 Å². The van der Waals surface area contributed by atoms with Gasteiger partial charge in [-0.25, -0.2) is 12.1 Å². The van der Waals surface area contributed by atoms with E-state index >= 15 is 0 Å². The van der Waals surface area contributed by atoms with Gasteiger partial charge < -0.3 is 0 Å². The van der Waals surface area contributed by atoms with Crippen molar-refractivity contribution in [3.63, 3.8) is 0 Å². The van der Waals surface area contributed by atoms with Gasteiger partial charge in [-0.1, -0.05) is 0 Å². The van der Waals surface area contributed by atoms with Gasteiger partial charge in [0, 0.05) is 20.4 Å². The fourth-order valence-electron chi connectivity index (χ4n) is 0.321. The zero-order chi connectivity index (χ0) is 5.54. The van der Waals surface area contributed by atoms with Gasteiger partial charge >= 0.3 is 11.3 Å². The summed E-state index contributed by atoms with van der Waals surface area (Å²) in [6.45, 7) is 4.50. The molecule has 0 aliphatic rings. The maximum absolute atomic E-state index is 7.50. The first-order valence-electron chi connectivity index (χ1n) is 1.87. The molecular weight excluding hydrogens is 274 g/mol. The zero-order valence-corrected chi connectivity index (χ0v) is 6.89. The minimum atomic E-state index is 0. The number of hydrogen-bond acceptors (Lipinski definition) is 0. The van der Waals surface area contributed by atoms with Crippen LogP contribution in [0, 0.1) is 6.65 Å². The normalized spacial score (nSPS) is 5.25. The van der Waals surface area contributed by atoms with Gasteiger partial charge in [0.05, 0.1) is 0 Å². The summed E-state index contributed by atoms with van der Waals surface area (Å²) in [6, 6.07) is 10.0. The summed E-state index contributed by atoms with van der Waals surface area (Å²) in [6.07, 6.45) is 0. The summed E-state index contributed by atoms with van der Waals surface area (Å²) in [5.74, 6) is 0.